The molecular weight excluding hydrogens is 244 g/mol. The fourth-order valence-corrected chi connectivity index (χ4v) is 5.14. The molecule has 1 aromatic rings. The number of rotatable bonds is 0. The summed E-state index contributed by atoms with van der Waals surface area (Å²) in [6.45, 7) is 4.49. The Hall–Kier alpha value is -1.08. The molecule has 1 fully saturated rings. The molecule has 0 aromatic heterocycles. The molecule has 1 heteroatoms. The van der Waals surface area contributed by atoms with Crippen molar-refractivity contribution in [1.82, 2.24) is 0 Å². The predicted molar refractivity (Wildman–Crippen MR) is 81.7 cm³/mol. The molecule has 0 bridgehead atoms. The van der Waals surface area contributed by atoms with Crippen molar-refractivity contribution in [2.24, 2.45) is 17.3 Å². The Morgan fingerprint density at radius 3 is 2.90 bits per heavy atom. The van der Waals surface area contributed by atoms with Crippen LogP contribution in [-0.4, -0.2) is 11.2 Å². The van der Waals surface area contributed by atoms with E-state index < -0.39 is 0 Å². The van der Waals surface area contributed by atoms with Gasteiger partial charge in [0.05, 0.1) is 6.10 Å². The van der Waals surface area contributed by atoms with Gasteiger partial charge in [0.2, 0.25) is 0 Å². The number of hydrogen-bond donors (Lipinski definition) is 1. The van der Waals surface area contributed by atoms with E-state index in [1.54, 1.807) is 11.1 Å². The molecule has 1 N–H and O–H groups in total. The van der Waals surface area contributed by atoms with Crippen molar-refractivity contribution in [2.45, 2.75) is 51.6 Å². The van der Waals surface area contributed by atoms with Crippen LogP contribution in [0, 0.1) is 24.2 Å². The molecule has 1 nitrogen and oxygen atoms in total. The van der Waals surface area contributed by atoms with E-state index in [1.807, 2.05) is 0 Å². The van der Waals surface area contributed by atoms with Crippen LogP contribution >= 0.6 is 0 Å². The van der Waals surface area contributed by atoms with E-state index in [9.17, 15) is 5.11 Å². The van der Waals surface area contributed by atoms with E-state index in [0.717, 1.165) is 12.3 Å². The Bertz CT molecular complexity index is 573. The van der Waals surface area contributed by atoms with Gasteiger partial charge in [-0.05, 0) is 61.5 Å². The minimum atomic E-state index is -0.229. The summed E-state index contributed by atoms with van der Waals surface area (Å²) < 4.78 is 0. The summed E-state index contributed by atoms with van der Waals surface area (Å²) in [5, 5.41) is 10.3. The molecule has 0 amide bonds. The summed E-state index contributed by atoms with van der Waals surface area (Å²) >= 11 is 0. The molecule has 1 aromatic carbocycles. The Morgan fingerprint density at radius 1 is 1.20 bits per heavy atom. The fraction of sp³-hybridized carbons (Fsp3) is 0.579. The third-order valence-electron chi connectivity index (χ3n) is 6.35. The van der Waals surface area contributed by atoms with E-state index in [-0.39, 0.29) is 11.5 Å². The van der Waals surface area contributed by atoms with Gasteiger partial charge in [-0.25, -0.2) is 0 Å². The number of aryl methyl sites for hydroxylation is 2. The van der Waals surface area contributed by atoms with Gasteiger partial charge in [-0.15, -0.1) is 0 Å². The number of hydrogen-bond acceptors (Lipinski definition) is 1. The standard InChI is InChI=1S/C19H24O/c1-12-3-5-14-13(11-12)4-6-16-15(14)9-10-19(2)17(16)7-8-18(19)20/h3,5,7-8,11,15-18,20H,4,6,9-10H2,1-2H3/t15?,16?,17?,18-,19-/m0/s1. The highest BCUT2D eigenvalue weighted by Gasteiger charge is 2.52. The summed E-state index contributed by atoms with van der Waals surface area (Å²) in [6.07, 6.45) is 9.05. The van der Waals surface area contributed by atoms with Crippen LogP contribution in [0.25, 0.3) is 0 Å². The minimum absolute atomic E-state index is 0.101. The van der Waals surface area contributed by atoms with E-state index in [4.69, 9.17) is 0 Å². The van der Waals surface area contributed by atoms with Crippen LogP contribution in [-0.2, 0) is 6.42 Å². The maximum Gasteiger partial charge on any atom is 0.0780 e. The van der Waals surface area contributed by atoms with Crippen LogP contribution in [0.2, 0.25) is 0 Å². The number of aliphatic hydroxyl groups excluding tert-OH is 1. The van der Waals surface area contributed by atoms with Gasteiger partial charge in [0, 0.05) is 5.41 Å². The second-order valence-electron chi connectivity index (χ2n) is 7.41. The third-order valence-corrected chi connectivity index (χ3v) is 6.35. The molecule has 3 aliphatic carbocycles. The van der Waals surface area contributed by atoms with E-state index in [2.05, 4.69) is 44.2 Å². The summed E-state index contributed by atoms with van der Waals surface area (Å²) in [4.78, 5) is 0. The van der Waals surface area contributed by atoms with E-state index in [0.29, 0.717) is 11.8 Å². The molecule has 106 valence electrons. The van der Waals surface area contributed by atoms with Gasteiger partial charge >= 0.3 is 0 Å². The van der Waals surface area contributed by atoms with Crippen LogP contribution < -0.4 is 0 Å². The van der Waals surface area contributed by atoms with Gasteiger partial charge in [0.15, 0.2) is 0 Å². The zero-order chi connectivity index (χ0) is 13.9. The predicted octanol–water partition coefficient (Wildman–Crippen LogP) is 3.99. The lowest BCUT2D eigenvalue weighted by atomic mass is 9.55. The van der Waals surface area contributed by atoms with Gasteiger partial charge in [-0.3, -0.25) is 0 Å². The first-order valence-electron chi connectivity index (χ1n) is 8.05. The van der Waals surface area contributed by atoms with E-state index in [1.165, 1.54) is 24.8 Å². The molecule has 3 unspecified atom stereocenters. The van der Waals surface area contributed by atoms with Crippen LogP contribution in [0.5, 0.6) is 0 Å². The maximum atomic E-state index is 10.3. The molecule has 5 atom stereocenters. The average molecular weight is 268 g/mol. The SMILES string of the molecule is Cc1ccc2c(c1)CCC1C2CC[C@@]2(C)C1C=C[C@@H]2O. The Kier molecular flexibility index (Phi) is 2.66. The second-order valence-corrected chi connectivity index (χ2v) is 7.41. The summed E-state index contributed by atoms with van der Waals surface area (Å²) in [6, 6.07) is 7.03. The quantitative estimate of drug-likeness (QED) is 0.705. The number of aliphatic hydroxyl groups is 1. The van der Waals surface area contributed by atoms with Crippen LogP contribution in [0.15, 0.2) is 30.4 Å². The van der Waals surface area contributed by atoms with Crippen molar-refractivity contribution in [3.8, 4) is 0 Å². The van der Waals surface area contributed by atoms with Gasteiger partial charge in [0.1, 0.15) is 0 Å². The van der Waals surface area contributed by atoms with Crippen molar-refractivity contribution >= 4 is 0 Å². The lowest BCUT2D eigenvalue weighted by molar-refractivity contribution is -0.0101. The molecule has 0 radical (unpaired) electrons. The Morgan fingerprint density at radius 2 is 2.05 bits per heavy atom. The summed E-state index contributed by atoms with van der Waals surface area (Å²) in [5.41, 5.74) is 4.67. The van der Waals surface area contributed by atoms with Gasteiger partial charge in [0.25, 0.3) is 0 Å². The van der Waals surface area contributed by atoms with Crippen LogP contribution in [0.3, 0.4) is 0 Å². The van der Waals surface area contributed by atoms with Gasteiger partial charge in [-0.1, -0.05) is 42.8 Å². The van der Waals surface area contributed by atoms with Crippen molar-refractivity contribution in [3.05, 3.63) is 47.0 Å². The van der Waals surface area contributed by atoms with E-state index >= 15 is 0 Å². The highest BCUT2D eigenvalue weighted by molar-refractivity contribution is 5.38. The van der Waals surface area contributed by atoms with Gasteiger partial charge in [-0.2, -0.15) is 0 Å². The topological polar surface area (TPSA) is 20.2 Å². The van der Waals surface area contributed by atoms with Crippen molar-refractivity contribution in [3.63, 3.8) is 0 Å². The minimum Gasteiger partial charge on any atom is -0.388 e. The molecule has 20 heavy (non-hydrogen) atoms. The lowest BCUT2D eigenvalue weighted by Crippen LogP contribution is -2.44. The molecule has 4 rings (SSSR count). The fourth-order valence-electron chi connectivity index (χ4n) is 5.14. The number of fused-ring (bicyclic) bond motifs is 5. The third kappa shape index (κ3) is 1.59. The van der Waals surface area contributed by atoms with Crippen LogP contribution in [0.1, 0.15) is 48.8 Å². The normalized spacial score (nSPS) is 42.0. The molecule has 3 aliphatic rings. The highest BCUT2D eigenvalue weighted by atomic mass is 16.3. The summed E-state index contributed by atoms with van der Waals surface area (Å²) in [5.74, 6) is 2.02. The molecule has 1 saturated carbocycles. The monoisotopic (exact) mass is 268 g/mol. The first-order valence-corrected chi connectivity index (χ1v) is 8.05. The molecule has 0 saturated heterocycles. The Balaban J connectivity index is 1.73. The van der Waals surface area contributed by atoms with Crippen molar-refractivity contribution in [2.75, 3.05) is 0 Å². The van der Waals surface area contributed by atoms with Crippen molar-refractivity contribution in [1.29, 1.82) is 0 Å². The molecule has 0 spiro atoms. The van der Waals surface area contributed by atoms with Crippen molar-refractivity contribution < 1.29 is 5.11 Å². The molecule has 0 heterocycles. The molecular formula is C19H24O. The second kappa shape index (κ2) is 4.21. The zero-order valence-electron chi connectivity index (χ0n) is 12.5. The molecule has 0 aliphatic heterocycles. The lowest BCUT2D eigenvalue weighted by Gasteiger charge is -2.50. The zero-order valence-corrected chi connectivity index (χ0v) is 12.5. The smallest absolute Gasteiger partial charge is 0.0780 e. The number of allylic oxidation sites excluding steroid dienone is 1. The average Bonchev–Trinajstić information content (AvgIpc) is 2.74. The summed E-state index contributed by atoms with van der Waals surface area (Å²) in [7, 11) is 0. The Labute approximate surface area is 121 Å². The maximum absolute atomic E-state index is 10.3. The van der Waals surface area contributed by atoms with Gasteiger partial charge < -0.3 is 5.11 Å². The number of benzene rings is 1. The highest BCUT2D eigenvalue weighted by Crippen LogP contribution is 2.58. The first-order chi connectivity index (χ1) is 9.59. The van der Waals surface area contributed by atoms with Crippen LogP contribution in [0.4, 0.5) is 0 Å². The largest absolute Gasteiger partial charge is 0.388 e. The first kappa shape index (κ1) is 12.6.